The molecule has 0 saturated carbocycles. The molecular formula is C21H18Cl2N4O5. The highest BCUT2D eigenvalue weighted by Crippen LogP contribution is 2.36. The van der Waals surface area contributed by atoms with E-state index < -0.39 is 11.8 Å². The fraction of sp³-hybridized carbons (Fsp3) is 0.143. The number of ether oxygens (including phenoxy) is 2. The van der Waals surface area contributed by atoms with Crippen LogP contribution in [0.2, 0.25) is 10.0 Å². The van der Waals surface area contributed by atoms with Crippen LogP contribution in [0.15, 0.2) is 46.0 Å². The molecule has 1 heterocycles. The SMILES string of the molecule is COc1cc(/C=N\NC(=O)c2c(-c3c(Cl)cccc3Cl)noc2C)ccc1OCC(N)=O. The summed E-state index contributed by atoms with van der Waals surface area (Å²) < 4.78 is 15.7. The van der Waals surface area contributed by atoms with Gasteiger partial charge in [0, 0.05) is 5.56 Å². The average Bonchev–Trinajstić information content (AvgIpc) is 3.13. The first-order valence-corrected chi connectivity index (χ1v) is 9.90. The zero-order valence-corrected chi connectivity index (χ0v) is 18.5. The van der Waals surface area contributed by atoms with Gasteiger partial charge in [0.15, 0.2) is 18.1 Å². The minimum absolute atomic E-state index is 0.157. The number of nitrogens with one attached hydrogen (secondary N) is 1. The molecule has 0 bridgehead atoms. The highest BCUT2D eigenvalue weighted by atomic mass is 35.5. The number of aromatic nitrogens is 1. The van der Waals surface area contributed by atoms with Crippen molar-refractivity contribution in [3.63, 3.8) is 0 Å². The normalized spacial score (nSPS) is 10.9. The molecule has 0 aliphatic carbocycles. The smallest absolute Gasteiger partial charge is 0.277 e. The highest BCUT2D eigenvalue weighted by molar-refractivity contribution is 6.39. The number of primary amides is 1. The van der Waals surface area contributed by atoms with Crippen LogP contribution < -0.4 is 20.6 Å². The molecule has 3 N–H and O–H groups in total. The average molecular weight is 477 g/mol. The number of halogens is 2. The third-order valence-electron chi connectivity index (χ3n) is 4.23. The number of hydrogen-bond acceptors (Lipinski definition) is 7. The first kappa shape index (κ1) is 23.1. The summed E-state index contributed by atoms with van der Waals surface area (Å²) in [6.45, 7) is 1.31. The van der Waals surface area contributed by atoms with E-state index in [0.29, 0.717) is 32.7 Å². The fourth-order valence-electron chi connectivity index (χ4n) is 2.79. The van der Waals surface area contributed by atoms with E-state index in [2.05, 4.69) is 15.7 Å². The molecule has 0 atom stereocenters. The summed E-state index contributed by atoms with van der Waals surface area (Å²) in [5, 5.41) is 8.56. The van der Waals surface area contributed by atoms with Gasteiger partial charge in [-0.25, -0.2) is 5.43 Å². The molecule has 0 unspecified atom stereocenters. The van der Waals surface area contributed by atoms with Gasteiger partial charge < -0.3 is 19.7 Å². The van der Waals surface area contributed by atoms with Crippen molar-refractivity contribution in [3.05, 3.63) is 63.3 Å². The minimum Gasteiger partial charge on any atom is -0.493 e. The Morgan fingerprint density at radius 3 is 2.59 bits per heavy atom. The number of rotatable bonds is 8. The molecule has 3 rings (SSSR count). The number of carbonyl (C=O) groups excluding carboxylic acids is 2. The number of nitrogens with zero attached hydrogens (tertiary/aromatic N) is 2. The van der Waals surface area contributed by atoms with E-state index in [1.54, 1.807) is 43.3 Å². The molecule has 11 heteroatoms. The molecule has 0 saturated heterocycles. The Hall–Kier alpha value is -3.56. The predicted molar refractivity (Wildman–Crippen MR) is 119 cm³/mol. The number of hydrogen-bond donors (Lipinski definition) is 2. The maximum absolute atomic E-state index is 12.8. The molecule has 2 amide bonds. The van der Waals surface area contributed by atoms with E-state index in [9.17, 15) is 9.59 Å². The third-order valence-corrected chi connectivity index (χ3v) is 4.86. The van der Waals surface area contributed by atoms with Crippen LogP contribution in [0, 0.1) is 6.92 Å². The Labute approximate surface area is 193 Å². The largest absolute Gasteiger partial charge is 0.493 e. The summed E-state index contributed by atoms with van der Waals surface area (Å²) in [4.78, 5) is 23.6. The molecule has 0 radical (unpaired) electrons. The van der Waals surface area contributed by atoms with Crippen LogP contribution in [0.1, 0.15) is 21.7 Å². The van der Waals surface area contributed by atoms with E-state index in [1.807, 2.05) is 0 Å². The van der Waals surface area contributed by atoms with E-state index in [1.165, 1.54) is 13.3 Å². The van der Waals surface area contributed by atoms with E-state index in [4.69, 9.17) is 42.9 Å². The molecule has 0 aliphatic rings. The molecule has 9 nitrogen and oxygen atoms in total. The Morgan fingerprint density at radius 1 is 1.22 bits per heavy atom. The number of amides is 2. The van der Waals surface area contributed by atoms with Gasteiger partial charge in [-0.1, -0.05) is 34.4 Å². The van der Waals surface area contributed by atoms with Gasteiger partial charge in [-0.05, 0) is 42.8 Å². The Balaban J connectivity index is 1.78. The molecular weight excluding hydrogens is 459 g/mol. The topological polar surface area (TPSA) is 129 Å². The Kier molecular flexibility index (Phi) is 7.34. The number of benzene rings is 2. The van der Waals surface area contributed by atoms with E-state index in [0.717, 1.165) is 0 Å². The van der Waals surface area contributed by atoms with Crippen molar-refractivity contribution in [3.8, 4) is 22.8 Å². The molecule has 0 aliphatic heterocycles. The number of methoxy groups -OCH3 is 1. The van der Waals surface area contributed by atoms with Crippen molar-refractivity contribution >= 4 is 41.2 Å². The zero-order valence-electron chi connectivity index (χ0n) is 17.0. The van der Waals surface area contributed by atoms with Crippen molar-refractivity contribution in [2.75, 3.05) is 13.7 Å². The van der Waals surface area contributed by atoms with Crippen LogP contribution in [0.25, 0.3) is 11.3 Å². The van der Waals surface area contributed by atoms with Crippen LogP contribution in [-0.4, -0.2) is 36.9 Å². The lowest BCUT2D eigenvalue weighted by Crippen LogP contribution is -2.20. The zero-order chi connectivity index (χ0) is 23.3. The summed E-state index contributed by atoms with van der Waals surface area (Å²) in [5.74, 6) is -0.177. The molecule has 3 aromatic rings. The van der Waals surface area contributed by atoms with Gasteiger partial charge in [-0.15, -0.1) is 0 Å². The summed E-state index contributed by atoms with van der Waals surface area (Å²) >= 11 is 12.5. The van der Waals surface area contributed by atoms with Gasteiger partial charge >= 0.3 is 0 Å². The van der Waals surface area contributed by atoms with Crippen molar-refractivity contribution < 1.29 is 23.6 Å². The summed E-state index contributed by atoms with van der Waals surface area (Å²) in [7, 11) is 1.45. The first-order valence-electron chi connectivity index (χ1n) is 9.15. The maximum atomic E-state index is 12.8. The standard InChI is InChI=1S/C21H18Cl2N4O5/c1-11-18(20(27-32-11)19-13(22)4-3-5-14(19)23)21(29)26-25-9-12-6-7-15(16(8-12)30-2)31-10-17(24)28/h3-9H,10H2,1-2H3,(H2,24,28)(H,26,29)/b25-9-. The second-order valence-corrected chi connectivity index (χ2v) is 7.24. The van der Waals surface area contributed by atoms with Crippen molar-refractivity contribution in [1.29, 1.82) is 0 Å². The molecule has 32 heavy (non-hydrogen) atoms. The molecule has 1 aromatic heterocycles. The maximum Gasteiger partial charge on any atom is 0.277 e. The molecule has 0 spiro atoms. The third kappa shape index (κ3) is 5.19. The lowest BCUT2D eigenvalue weighted by molar-refractivity contribution is -0.119. The second-order valence-electron chi connectivity index (χ2n) is 6.42. The van der Waals surface area contributed by atoms with Crippen LogP contribution >= 0.6 is 23.2 Å². The minimum atomic E-state index is -0.609. The van der Waals surface area contributed by atoms with Gasteiger partial charge in [-0.2, -0.15) is 5.10 Å². The van der Waals surface area contributed by atoms with Crippen molar-refractivity contribution in [1.82, 2.24) is 10.6 Å². The van der Waals surface area contributed by atoms with Gasteiger partial charge in [0.05, 0.1) is 23.4 Å². The lowest BCUT2D eigenvalue weighted by Gasteiger charge is -2.09. The molecule has 0 fully saturated rings. The second kappa shape index (κ2) is 10.2. The molecule has 166 valence electrons. The first-order chi connectivity index (χ1) is 15.3. The number of carbonyl (C=O) groups is 2. The van der Waals surface area contributed by atoms with Crippen LogP contribution in [0.5, 0.6) is 11.5 Å². The Morgan fingerprint density at radius 2 is 1.94 bits per heavy atom. The van der Waals surface area contributed by atoms with Crippen molar-refractivity contribution in [2.24, 2.45) is 10.8 Å². The van der Waals surface area contributed by atoms with E-state index >= 15 is 0 Å². The van der Waals surface area contributed by atoms with Crippen molar-refractivity contribution in [2.45, 2.75) is 6.92 Å². The van der Waals surface area contributed by atoms with Crippen LogP contribution in [0.3, 0.4) is 0 Å². The van der Waals surface area contributed by atoms with Crippen LogP contribution in [-0.2, 0) is 4.79 Å². The number of hydrazone groups is 1. The number of nitrogens with two attached hydrogens (primary N) is 1. The quantitative estimate of drug-likeness (QED) is 0.377. The van der Waals surface area contributed by atoms with Gasteiger partial charge in [0.1, 0.15) is 17.0 Å². The molecule has 2 aromatic carbocycles. The fourth-order valence-corrected chi connectivity index (χ4v) is 3.36. The predicted octanol–water partition coefficient (Wildman–Crippen LogP) is 3.59. The van der Waals surface area contributed by atoms with Gasteiger partial charge in [0.2, 0.25) is 0 Å². The highest BCUT2D eigenvalue weighted by Gasteiger charge is 2.24. The Bertz CT molecular complexity index is 1170. The summed E-state index contributed by atoms with van der Waals surface area (Å²) in [6.07, 6.45) is 1.41. The monoisotopic (exact) mass is 476 g/mol. The lowest BCUT2D eigenvalue weighted by atomic mass is 10.1. The number of aryl methyl sites for hydroxylation is 1. The van der Waals surface area contributed by atoms with Crippen LogP contribution in [0.4, 0.5) is 0 Å². The summed E-state index contributed by atoms with van der Waals surface area (Å²) in [5.41, 5.74) is 8.86. The van der Waals surface area contributed by atoms with E-state index in [-0.39, 0.29) is 23.6 Å². The van der Waals surface area contributed by atoms with Gasteiger partial charge in [0.25, 0.3) is 11.8 Å². The summed E-state index contributed by atoms with van der Waals surface area (Å²) in [6, 6.07) is 9.82. The van der Waals surface area contributed by atoms with Gasteiger partial charge in [-0.3, -0.25) is 9.59 Å².